The first-order chi connectivity index (χ1) is 16.1. The predicted octanol–water partition coefficient (Wildman–Crippen LogP) is 4.67. The number of aromatic nitrogens is 5. The van der Waals surface area contributed by atoms with Crippen LogP contribution in [0.1, 0.15) is 55.1 Å². The van der Waals surface area contributed by atoms with Gasteiger partial charge in [0.1, 0.15) is 18.0 Å². The fraction of sp³-hybridized carbons (Fsp3) is 0.520. The van der Waals surface area contributed by atoms with Crippen molar-refractivity contribution >= 4 is 23.4 Å². The van der Waals surface area contributed by atoms with Crippen LogP contribution in [0.15, 0.2) is 36.7 Å². The second-order valence-electron chi connectivity index (χ2n) is 9.81. The van der Waals surface area contributed by atoms with Crippen LogP contribution in [0.4, 0.5) is 11.8 Å². The van der Waals surface area contributed by atoms with Gasteiger partial charge in [-0.25, -0.2) is 14.6 Å². The molecule has 1 saturated carbocycles. The summed E-state index contributed by atoms with van der Waals surface area (Å²) in [5.74, 6) is 4.35. The fourth-order valence-corrected chi connectivity index (χ4v) is 6.12. The summed E-state index contributed by atoms with van der Waals surface area (Å²) in [6.07, 6.45) is 7.58. The lowest BCUT2D eigenvalue weighted by molar-refractivity contribution is 0.374. The topological polar surface area (TPSA) is 71.8 Å². The van der Waals surface area contributed by atoms with E-state index in [1.807, 2.05) is 19.1 Å². The zero-order valence-corrected chi connectivity index (χ0v) is 19.7. The molecule has 4 heterocycles. The summed E-state index contributed by atoms with van der Waals surface area (Å²) in [6, 6.07) is 10.7. The van der Waals surface area contributed by atoms with Crippen molar-refractivity contribution in [3.8, 4) is 0 Å². The minimum absolute atomic E-state index is 0.271. The zero-order chi connectivity index (χ0) is 22.4. The van der Waals surface area contributed by atoms with Crippen molar-refractivity contribution in [2.45, 2.75) is 57.5 Å². The lowest BCUT2D eigenvalue weighted by Gasteiger charge is -2.38. The van der Waals surface area contributed by atoms with Gasteiger partial charge >= 0.3 is 0 Å². The van der Waals surface area contributed by atoms with E-state index in [1.54, 1.807) is 6.33 Å². The van der Waals surface area contributed by atoms with Crippen molar-refractivity contribution in [3.05, 3.63) is 58.8 Å². The summed E-state index contributed by atoms with van der Waals surface area (Å²) >= 11 is 6.13. The number of nitrogens with zero attached hydrogens (tertiary/aromatic N) is 6. The Morgan fingerprint density at radius 3 is 2.55 bits per heavy atom. The van der Waals surface area contributed by atoms with Gasteiger partial charge in [-0.2, -0.15) is 4.98 Å². The molecule has 1 aliphatic carbocycles. The van der Waals surface area contributed by atoms with Crippen molar-refractivity contribution in [2.24, 2.45) is 11.8 Å². The van der Waals surface area contributed by atoms with Gasteiger partial charge in [0.05, 0.1) is 0 Å². The molecule has 6 rings (SSSR count). The van der Waals surface area contributed by atoms with Gasteiger partial charge < -0.3 is 10.2 Å². The third kappa shape index (κ3) is 4.07. The molecule has 2 aliphatic heterocycles. The van der Waals surface area contributed by atoms with Crippen LogP contribution in [0.2, 0.25) is 5.02 Å². The standard InChI is InChI=1S/C25H30ClN7/c1-16-12-22(28-15-27-16)32-13-18-5-6-19(14-32)23(18)29-25-30-24-21(4-2-3-11-33(24)31-25)17-7-9-20(26)10-8-17/h7-10,12,15,18-19,21,23H,2-6,11,13-14H2,1H3,(H,29,31)/t18-,19+,21-,23+/m1/s1. The molecule has 7 nitrogen and oxygen atoms in total. The number of piperidine rings is 1. The van der Waals surface area contributed by atoms with E-state index in [9.17, 15) is 0 Å². The Balaban J connectivity index is 1.21. The Morgan fingerprint density at radius 1 is 1.00 bits per heavy atom. The lowest BCUT2D eigenvalue weighted by atomic mass is 9.92. The molecule has 2 fully saturated rings. The first-order valence-corrected chi connectivity index (χ1v) is 12.5. The van der Waals surface area contributed by atoms with E-state index in [1.165, 1.54) is 24.8 Å². The summed E-state index contributed by atoms with van der Waals surface area (Å²) in [4.78, 5) is 16.3. The molecular formula is C25H30ClN7. The van der Waals surface area contributed by atoms with Crippen molar-refractivity contribution in [1.29, 1.82) is 0 Å². The molecule has 1 aromatic carbocycles. The largest absolute Gasteiger partial charge is 0.356 e. The maximum atomic E-state index is 6.13. The molecule has 33 heavy (non-hydrogen) atoms. The van der Waals surface area contributed by atoms with Crippen molar-refractivity contribution in [1.82, 2.24) is 24.7 Å². The molecular weight excluding hydrogens is 434 g/mol. The summed E-state index contributed by atoms with van der Waals surface area (Å²) in [5, 5.41) is 9.45. The maximum Gasteiger partial charge on any atom is 0.242 e. The number of fused-ring (bicyclic) bond motifs is 3. The molecule has 172 valence electrons. The van der Waals surface area contributed by atoms with Gasteiger partial charge in [0, 0.05) is 48.4 Å². The number of aryl methyl sites for hydroxylation is 2. The number of benzene rings is 1. The molecule has 3 aliphatic rings. The number of hydrogen-bond acceptors (Lipinski definition) is 6. The molecule has 8 heteroatoms. The fourth-order valence-electron chi connectivity index (χ4n) is 6.00. The number of nitrogens with one attached hydrogen (secondary N) is 1. The lowest BCUT2D eigenvalue weighted by Crippen LogP contribution is -2.48. The summed E-state index contributed by atoms with van der Waals surface area (Å²) < 4.78 is 2.13. The molecule has 0 amide bonds. The van der Waals surface area contributed by atoms with Gasteiger partial charge in [-0.05, 0) is 62.1 Å². The highest BCUT2D eigenvalue weighted by molar-refractivity contribution is 6.30. The van der Waals surface area contributed by atoms with Crippen LogP contribution < -0.4 is 10.2 Å². The minimum Gasteiger partial charge on any atom is -0.356 e. The van der Waals surface area contributed by atoms with Gasteiger partial charge in [-0.3, -0.25) is 0 Å². The molecule has 0 unspecified atom stereocenters. The third-order valence-corrected chi connectivity index (χ3v) is 7.89. The van der Waals surface area contributed by atoms with E-state index >= 15 is 0 Å². The van der Waals surface area contributed by atoms with Crippen molar-refractivity contribution in [2.75, 3.05) is 23.3 Å². The van der Waals surface area contributed by atoms with E-state index in [0.29, 0.717) is 17.9 Å². The monoisotopic (exact) mass is 463 g/mol. The summed E-state index contributed by atoms with van der Waals surface area (Å²) in [6.45, 7) is 5.00. The number of halogens is 1. The molecule has 3 aromatic rings. The molecule has 4 atom stereocenters. The van der Waals surface area contributed by atoms with E-state index in [-0.39, 0.29) is 5.92 Å². The zero-order valence-electron chi connectivity index (χ0n) is 19.0. The Kier molecular flexibility index (Phi) is 5.45. The van der Waals surface area contributed by atoms with Crippen LogP contribution in [0.25, 0.3) is 0 Å². The molecule has 2 bridgehead atoms. The van der Waals surface area contributed by atoms with E-state index in [2.05, 4.69) is 43.1 Å². The number of anilines is 2. The second kappa shape index (κ2) is 8.60. The molecule has 0 radical (unpaired) electrons. The van der Waals surface area contributed by atoms with Crippen LogP contribution in [0, 0.1) is 18.8 Å². The summed E-state index contributed by atoms with van der Waals surface area (Å²) in [7, 11) is 0. The highest BCUT2D eigenvalue weighted by Gasteiger charge is 2.43. The number of rotatable bonds is 4. The Bertz CT molecular complexity index is 1110. The van der Waals surface area contributed by atoms with E-state index in [0.717, 1.165) is 60.8 Å². The third-order valence-electron chi connectivity index (χ3n) is 7.64. The predicted molar refractivity (Wildman–Crippen MR) is 130 cm³/mol. The first-order valence-electron chi connectivity index (χ1n) is 12.1. The van der Waals surface area contributed by atoms with Crippen LogP contribution in [-0.2, 0) is 6.54 Å². The number of hydrogen-bond donors (Lipinski definition) is 1. The van der Waals surface area contributed by atoms with Crippen LogP contribution >= 0.6 is 11.6 Å². The molecule has 1 N–H and O–H groups in total. The Labute approximate surface area is 199 Å². The van der Waals surface area contributed by atoms with Crippen molar-refractivity contribution in [3.63, 3.8) is 0 Å². The Hall–Kier alpha value is -2.67. The molecule has 1 saturated heterocycles. The van der Waals surface area contributed by atoms with Gasteiger partial charge in [0.15, 0.2) is 0 Å². The average molecular weight is 464 g/mol. The molecule has 0 spiro atoms. The van der Waals surface area contributed by atoms with Gasteiger partial charge in [0.2, 0.25) is 5.95 Å². The highest BCUT2D eigenvalue weighted by Crippen LogP contribution is 2.40. The average Bonchev–Trinajstić information content (AvgIpc) is 3.22. The second-order valence-corrected chi connectivity index (χ2v) is 10.2. The van der Waals surface area contributed by atoms with Crippen LogP contribution in [-0.4, -0.2) is 43.9 Å². The quantitative estimate of drug-likeness (QED) is 0.606. The van der Waals surface area contributed by atoms with Crippen LogP contribution in [0.3, 0.4) is 0 Å². The Morgan fingerprint density at radius 2 is 1.79 bits per heavy atom. The van der Waals surface area contributed by atoms with E-state index < -0.39 is 0 Å². The highest BCUT2D eigenvalue weighted by atomic mass is 35.5. The van der Waals surface area contributed by atoms with Gasteiger partial charge in [-0.15, -0.1) is 5.10 Å². The first kappa shape index (κ1) is 20.9. The normalized spacial score (nSPS) is 26.7. The van der Waals surface area contributed by atoms with Gasteiger partial charge in [0.25, 0.3) is 0 Å². The maximum absolute atomic E-state index is 6.13. The molecule has 2 aromatic heterocycles. The smallest absolute Gasteiger partial charge is 0.242 e. The van der Waals surface area contributed by atoms with Crippen molar-refractivity contribution < 1.29 is 0 Å². The van der Waals surface area contributed by atoms with Gasteiger partial charge in [-0.1, -0.05) is 30.2 Å². The SMILES string of the molecule is Cc1cc(N2C[C@H]3CC[C@@H](C2)[C@H]3Nc2nc3n(n2)CCCC[C@@H]3c2ccc(Cl)cc2)ncn1. The van der Waals surface area contributed by atoms with E-state index in [4.69, 9.17) is 21.7 Å². The minimum atomic E-state index is 0.271. The summed E-state index contributed by atoms with van der Waals surface area (Å²) in [5.41, 5.74) is 2.29. The van der Waals surface area contributed by atoms with Crippen LogP contribution in [0.5, 0.6) is 0 Å².